The molecule has 8 nitrogen and oxygen atoms in total. The van der Waals surface area contributed by atoms with E-state index in [1.807, 2.05) is 24.3 Å². The summed E-state index contributed by atoms with van der Waals surface area (Å²) in [5.41, 5.74) is 1.18. The zero-order valence-electron chi connectivity index (χ0n) is 15.7. The Morgan fingerprint density at radius 1 is 0.571 bits per heavy atom. The van der Waals surface area contributed by atoms with Crippen molar-refractivity contribution in [2.75, 3.05) is 52.9 Å². The molecule has 0 aliphatic carbocycles. The van der Waals surface area contributed by atoms with Crippen molar-refractivity contribution in [3.8, 4) is 11.5 Å². The number of hydrogen-bond donors (Lipinski definition) is 2. The van der Waals surface area contributed by atoms with Crippen molar-refractivity contribution in [2.24, 2.45) is 10.2 Å². The van der Waals surface area contributed by atoms with Crippen molar-refractivity contribution in [1.82, 2.24) is 0 Å². The van der Waals surface area contributed by atoms with Crippen molar-refractivity contribution in [3.05, 3.63) is 48.5 Å². The quantitative estimate of drug-likeness (QED) is 0.380. The van der Waals surface area contributed by atoms with E-state index in [-0.39, 0.29) is 26.4 Å². The normalized spacial score (nSPS) is 11.1. The summed E-state index contributed by atoms with van der Waals surface area (Å²) in [6, 6.07) is 14.6. The molecule has 0 aliphatic heterocycles. The highest BCUT2D eigenvalue weighted by Crippen LogP contribution is 2.32. The monoisotopic (exact) mass is 390 g/mol. The molecular formula is C20H26N2O6. The summed E-state index contributed by atoms with van der Waals surface area (Å²) < 4.78 is 21.7. The first kappa shape index (κ1) is 21.8. The van der Waals surface area contributed by atoms with Gasteiger partial charge in [0.25, 0.3) is 0 Å². The molecule has 0 radical (unpaired) electrons. The van der Waals surface area contributed by atoms with Crippen LogP contribution in [0.1, 0.15) is 0 Å². The van der Waals surface area contributed by atoms with Crippen LogP contribution in [-0.2, 0) is 9.47 Å². The average Bonchev–Trinajstić information content (AvgIpc) is 2.73. The lowest BCUT2D eigenvalue weighted by molar-refractivity contribution is 0.0705. The Kier molecular flexibility index (Phi) is 10.6. The molecule has 8 heteroatoms. The van der Waals surface area contributed by atoms with Crippen LogP contribution in [-0.4, -0.2) is 63.1 Å². The van der Waals surface area contributed by atoms with E-state index < -0.39 is 0 Å². The minimum Gasteiger partial charge on any atom is -0.489 e. The predicted molar refractivity (Wildman–Crippen MR) is 104 cm³/mol. The minimum atomic E-state index is -0.0140. The Morgan fingerprint density at radius 3 is 1.43 bits per heavy atom. The van der Waals surface area contributed by atoms with E-state index >= 15 is 0 Å². The first-order chi connectivity index (χ1) is 13.8. The molecule has 28 heavy (non-hydrogen) atoms. The molecular weight excluding hydrogens is 364 g/mol. The van der Waals surface area contributed by atoms with E-state index in [1.165, 1.54) is 0 Å². The third-order valence-corrected chi connectivity index (χ3v) is 3.44. The molecule has 0 saturated carbocycles. The first-order valence-electron chi connectivity index (χ1n) is 9.07. The van der Waals surface area contributed by atoms with Crippen LogP contribution in [0.5, 0.6) is 11.5 Å². The summed E-state index contributed by atoms with van der Waals surface area (Å²) in [7, 11) is 0. The summed E-state index contributed by atoms with van der Waals surface area (Å²) in [5.74, 6) is 1.18. The van der Waals surface area contributed by atoms with Gasteiger partial charge in [-0.05, 0) is 24.3 Å². The summed E-state index contributed by atoms with van der Waals surface area (Å²) in [4.78, 5) is 0. The van der Waals surface area contributed by atoms with E-state index in [0.29, 0.717) is 49.3 Å². The Balaban J connectivity index is 1.96. The van der Waals surface area contributed by atoms with Crippen molar-refractivity contribution >= 4 is 11.4 Å². The number of azo groups is 1. The van der Waals surface area contributed by atoms with Crippen molar-refractivity contribution < 1.29 is 29.2 Å². The second-order valence-corrected chi connectivity index (χ2v) is 5.50. The topological polar surface area (TPSA) is 102 Å². The van der Waals surface area contributed by atoms with Crippen LogP contribution in [0.15, 0.2) is 58.8 Å². The zero-order valence-corrected chi connectivity index (χ0v) is 15.7. The maximum Gasteiger partial charge on any atom is 0.146 e. The van der Waals surface area contributed by atoms with Gasteiger partial charge in [-0.25, -0.2) is 0 Å². The van der Waals surface area contributed by atoms with Gasteiger partial charge in [-0.3, -0.25) is 0 Å². The van der Waals surface area contributed by atoms with E-state index in [2.05, 4.69) is 10.2 Å². The van der Waals surface area contributed by atoms with Gasteiger partial charge in [0.05, 0.1) is 39.6 Å². The fourth-order valence-corrected chi connectivity index (χ4v) is 2.19. The van der Waals surface area contributed by atoms with Gasteiger partial charge in [-0.1, -0.05) is 24.3 Å². The van der Waals surface area contributed by atoms with E-state index in [0.717, 1.165) is 0 Å². The standard InChI is InChI=1S/C20H26N2O6/c23-9-11-25-13-15-27-19-7-3-1-5-17(19)21-22-18-6-2-4-8-20(18)28-16-14-26-12-10-24/h1-8,23-24H,9-16H2. The van der Waals surface area contributed by atoms with Crippen LogP contribution in [0.25, 0.3) is 0 Å². The Morgan fingerprint density at radius 2 is 1.00 bits per heavy atom. The van der Waals surface area contributed by atoms with Gasteiger partial charge >= 0.3 is 0 Å². The molecule has 2 N–H and O–H groups in total. The first-order valence-corrected chi connectivity index (χ1v) is 9.07. The van der Waals surface area contributed by atoms with E-state index in [9.17, 15) is 0 Å². The highest BCUT2D eigenvalue weighted by atomic mass is 16.5. The van der Waals surface area contributed by atoms with Gasteiger partial charge in [-0.15, -0.1) is 10.2 Å². The number of rotatable bonds is 14. The summed E-state index contributed by atoms with van der Waals surface area (Å²) >= 11 is 0. The van der Waals surface area contributed by atoms with Crippen LogP contribution in [0, 0.1) is 0 Å². The smallest absolute Gasteiger partial charge is 0.146 e. The van der Waals surface area contributed by atoms with Crippen molar-refractivity contribution in [2.45, 2.75) is 0 Å². The number of hydrogen-bond acceptors (Lipinski definition) is 8. The molecule has 0 amide bonds. The second kappa shape index (κ2) is 13.6. The Labute approximate surface area is 164 Å². The summed E-state index contributed by atoms with van der Waals surface area (Å²) in [5, 5.41) is 26.0. The largest absolute Gasteiger partial charge is 0.489 e. The third-order valence-electron chi connectivity index (χ3n) is 3.44. The Bertz CT molecular complexity index is 651. The lowest BCUT2D eigenvalue weighted by Crippen LogP contribution is -2.09. The van der Waals surface area contributed by atoms with Gasteiger partial charge < -0.3 is 29.2 Å². The molecule has 152 valence electrons. The van der Waals surface area contributed by atoms with Crippen LogP contribution in [0.3, 0.4) is 0 Å². The maximum atomic E-state index is 8.70. The third kappa shape index (κ3) is 8.01. The number of benzene rings is 2. The average molecular weight is 390 g/mol. The fraction of sp³-hybridized carbons (Fsp3) is 0.400. The Hall–Kier alpha value is -2.52. The SMILES string of the molecule is OCCOCCOc1ccccc1N=Nc1ccccc1OCCOCCO. The van der Waals surface area contributed by atoms with Crippen LogP contribution in [0.4, 0.5) is 11.4 Å². The van der Waals surface area contributed by atoms with E-state index in [1.54, 1.807) is 24.3 Å². The van der Waals surface area contributed by atoms with Crippen LogP contribution in [0.2, 0.25) is 0 Å². The zero-order chi connectivity index (χ0) is 19.9. The predicted octanol–water partition coefficient (Wildman–Crippen LogP) is 2.88. The second-order valence-electron chi connectivity index (χ2n) is 5.50. The molecule has 0 fully saturated rings. The molecule has 2 aromatic carbocycles. The van der Waals surface area contributed by atoms with Gasteiger partial charge in [0, 0.05) is 0 Å². The molecule has 0 aromatic heterocycles. The molecule has 0 atom stereocenters. The number of ether oxygens (including phenoxy) is 4. The molecule has 2 aromatic rings. The number of para-hydroxylation sites is 2. The lowest BCUT2D eigenvalue weighted by Gasteiger charge is -2.09. The van der Waals surface area contributed by atoms with Gasteiger partial charge in [0.15, 0.2) is 0 Å². The van der Waals surface area contributed by atoms with Crippen molar-refractivity contribution in [3.63, 3.8) is 0 Å². The summed E-state index contributed by atoms with van der Waals surface area (Å²) in [6.07, 6.45) is 0. The van der Waals surface area contributed by atoms with E-state index in [4.69, 9.17) is 29.2 Å². The molecule has 0 unspecified atom stereocenters. The number of nitrogens with zero attached hydrogens (tertiary/aromatic N) is 2. The highest BCUT2D eigenvalue weighted by molar-refractivity contribution is 5.54. The highest BCUT2D eigenvalue weighted by Gasteiger charge is 2.05. The van der Waals surface area contributed by atoms with Crippen LogP contribution < -0.4 is 9.47 Å². The van der Waals surface area contributed by atoms with Gasteiger partial charge in [0.2, 0.25) is 0 Å². The number of aliphatic hydroxyl groups is 2. The minimum absolute atomic E-state index is 0.0140. The van der Waals surface area contributed by atoms with Gasteiger partial charge in [-0.2, -0.15) is 0 Å². The molecule has 0 aliphatic rings. The summed E-state index contributed by atoms with van der Waals surface area (Å²) in [6.45, 7) is 1.99. The van der Waals surface area contributed by atoms with Crippen LogP contribution >= 0.6 is 0 Å². The van der Waals surface area contributed by atoms with Gasteiger partial charge in [0.1, 0.15) is 36.1 Å². The molecule has 0 bridgehead atoms. The molecule has 0 spiro atoms. The number of aliphatic hydroxyl groups excluding tert-OH is 2. The van der Waals surface area contributed by atoms with Crippen molar-refractivity contribution in [1.29, 1.82) is 0 Å². The fourth-order valence-electron chi connectivity index (χ4n) is 2.19. The maximum absolute atomic E-state index is 8.70. The molecule has 0 heterocycles. The molecule has 0 saturated heterocycles. The molecule has 2 rings (SSSR count). The lowest BCUT2D eigenvalue weighted by atomic mass is 10.3.